The SMILES string of the molecule is COc1cc(F)c(C2CNC(=O)C2)c(F)c1.NC(=O)NC1(c2cc(Cl)cc(OC(F)(F)F)c2)CC1. The van der Waals surface area contributed by atoms with Crippen LogP contribution in [0.5, 0.6) is 11.5 Å². The predicted molar refractivity (Wildman–Crippen MR) is 115 cm³/mol. The number of nitrogens with one attached hydrogen (secondary N) is 2. The number of primary amides is 1. The number of carbonyl (C=O) groups excluding carboxylic acids is 2. The molecule has 7 nitrogen and oxygen atoms in total. The standard InChI is InChI=1S/C11H10ClF3N2O2.C11H11F2NO2/c12-7-3-6(10(1-2-10)17-9(16)18)4-8(5-7)19-11(13,14)15;1-16-7-3-8(12)11(9(13)4-7)6-2-10(15)14-5-6/h3-5H,1-2H2,(H3,16,17,18);3-4,6H,2,5H2,1H3,(H,14,15). The highest BCUT2D eigenvalue weighted by atomic mass is 35.5. The van der Waals surface area contributed by atoms with Gasteiger partial charge in [-0.2, -0.15) is 0 Å². The number of rotatable bonds is 5. The molecule has 13 heteroatoms. The first kappa shape index (κ1) is 26.3. The van der Waals surface area contributed by atoms with Crippen molar-refractivity contribution < 1.29 is 41.0 Å². The van der Waals surface area contributed by atoms with Crippen LogP contribution in [0.3, 0.4) is 0 Å². The highest BCUT2D eigenvalue weighted by Gasteiger charge is 2.46. The van der Waals surface area contributed by atoms with Gasteiger partial charge in [0, 0.05) is 41.6 Å². The van der Waals surface area contributed by atoms with Crippen molar-refractivity contribution in [2.24, 2.45) is 5.73 Å². The molecule has 2 fully saturated rings. The summed E-state index contributed by atoms with van der Waals surface area (Å²) in [5.74, 6) is -2.24. The maximum absolute atomic E-state index is 13.6. The lowest BCUT2D eigenvalue weighted by molar-refractivity contribution is -0.274. The van der Waals surface area contributed by atoms with Gasteiger partial charge in [0.2, 0.25) is 5.91 Å². The van der Waals surface area contributed by atoms with E-state index >= 15 is 0 Å². The van der Waals surface area contributed by atoms with Crippen molar-refractivity contribution in [2.45, 2.75) is 37.1 Å². The normalized spacial score (nSPS) is 18.1. The monoisotopic (exact) mass is 521 g/mol. The lowest BCUT2D eigenvalue weighted by Crippen LogP contribution is -2.38. The average Bonchev–Trinajstić information content (AvgIpc) is 3.38. The highest BCUT2D eigenvalue weighted by Crippen LogP contribution is 2.47. The lowest BCUT2D eigenvalue weighted by Gasteiger charge is -2.18. The Morgan fingerprint density at radius 1 is 1.14 bits per heavy atom. The van der Waals surface area contributed by atoms with Crippen LogP contribution in [0.15, 0.2) is 30.3 Å². The molecule has 0 radical (unpaired) electrons. The Morgan fingerprint density at radius 3 is 2.23 bits per heavy atom. The molecule has 1 heterocycles. The Kier molecular flexibility index (Phi) is 7.63. The molecule has 1 saturated carbocycles. The quantitative estimate of drug-likeness (QED) is 0.505. The molecule has 0 bridgehead atoms. The lowest BCUT2D eigenvalue weighted by atomic mass is 9.97. The van der Waals surface area contributed by atoms with E-state index in [2.05, 4.69) is 15.4 Å². The van der Waals surface area contributed by atoms with E-state index in [1.54, 1.807) is 0 Å². The number of benzene rings is 2. The molecule has 1 aliphatic carbocycles. The Balaban J connectivity index is 0.000000198. The smallest absolute Gasteiger partial charge is 0.497 e. The molecule has 0 spiro atoms. The third-order valence-corrected chi connectivity index (χ3v) is 5.66. The largest absolute Gasteiger partial charge is 0.573 e. The summed E-state index contributed by atoms with van der Waals surface area (Å²) >= 11 is 5.76. The summed E-state index contributed by atoms with van der Waals surface area (Å²) in [5.41, 5.74) is 4.70. The number of amides is 3. The minimum atomic E-state index is -4.80. The van der Waals surface area contributed by atoms with Gasteiger partial charge in [-0.05, 0) is 36.6 Å². The molecule has 1 aliphatic heterocycles. The summed E-state index contributed by atoms with van der Waals surface area (Å²) in [5, 5.41) is 5.15. The van der Waals surface area contributed by atoms with Crippen molar-refractivity contribution in [2.75, 3.05) is 13.7 Å². The maximum Gasteiger partial charge on any atom is 0.573 e. The second kappa shape index (κ2) is 10.1. The van der Waals surface area contributed by atoms with Crippen molar-refractivity contribution in [1.82, 2.24) is 10.6 Å². The van der Waals surface area contributed by atoms with Crippen LogP contribution in [0, 0.1) is 11.6 Å². The van der Waals surface area contributed by atoms with Gasteiger partial charge in [0.25, 0.3) is 0 Å². The number of hydrogen-bond acceptors (Lipinski definition) is 4. The molecule has 1 saturated heterocycles. The Bertz CT molecular complexity index is 1100. The first-order chi connectivity index (χ1) is 16.3. The van der Waals surface area contributed by atoms with Crippen LogP contribution in [0.25, 0.3) is 0 Å². The summed E-state index contributed by atoms with van der Waals surface area (Å²) in [7, 11) is 1.34. The summed E-state index contributed by atoms with van der Waals surface area (Å²) in [6.45, 7) is 0.277. The van der Waals surface area contributed by atoms with E-state index in [-0.39, 0.29) is 35.2 Å². The first-order valence-corrected chi connectivity index (χ1v) is 10.6. The molecule has 1 unspecified atom stereocenters. The number of hydrogen-bond donors (Lipinski definition) is 3. The van der Waals surface area contributed by atoms with Gasteiger partial charge >= 0.3 is 12.4 Å². The van der Waals surface area contributed by atoms with Crippen LogP contribution in [0.4, 0.5) is 26.7 Å². The molecule has 4 rings (SSSR count). The van der Waals surface area contributed by atoms with E-state index < -0.39 is 41.2 Å². The number of alkyl halides is 3. The summed E-state index contributed by atoms with van der Waals surface area (Å²) in [6, 6.07) is 5.24. The first-order valence-electron chi connectivity index (χ1n) is 10.3. The molecule has 190 valence electrons. The number of carbonyl (C=O) groups is 2. The molecule has 0 aromatic heterocycles. The molecular formula is C22H21ClF5N3O4. The molecule has 2 aliphatic rings. The fraction of sp³-hybridized carbons (Fsp3) is 0.364. The second-order valence-corrected chi connectivity index (χ2v) is 8.44. The van der Waals surface area contributed by atoms with Gasteiger partial charge in [-0.25, -0.2) is 13.6 Å². The van der Waals surface area contributed by atoms with Crippen LogP contribution >= 0.6 is 11.6 Å². The van der Waals surface area contributed by atoms with E-state index in [1.165, 1.54) is 19.2 Å². The van der Waals surface area contributed by atoms with E-state index in [1.807, 2.05) is 0 Å². The van der Waals surface area contributed by atoms with Crippen molar-refractivity contribution in [3.05, 3.63) is 58.1 Å². The fourth-order valence-corrected chi connectivity index (χ4v) is 3.98. The van der Waals surface area contributed by atoms with Crippen LogP contribution in [-0.2, 0) is 10.3 Å². The number of nitrogens with two attached hydrogens (primary N) is 1. The summed E-state index contributed by atoms with van der Waals surface area (Å²) in [4.78, 5) is 21.9. The van der Waals surface area contributed by atoms with Gasteiger partial charge in [-0.1, -0.05) is 11.6 Å². The van der Waals surface area contributed by atoms with E-state index in [9.17, 15) is 31.5 Å². The Hall–Kier alpha value is -3.28. The third-order valence-electron chi connectivity index (χ3n) is 5.44. The Morgan fingerprint density at radius 2 is 1.77 bits per heavy atom. The fourth-order valence-electron chi connectivity index (χ4n) is 3.76. The zero-order valence-corrected chi connectivity index (χ0v) is 19.0. The maximum atomic E-state index is 13.6. The van der Waals surface area contributed by atoms with Crippen LogP contribution in [-0.4, -0.2) is 32.0 Å². The van der Waals surface area contributed by atoms with Crippen LogP contribution in [0.2, 0.25) is 5.02 Å². The third kappa shape index (κ3) is 6.87. The van der Waals surface area contributed by atoms with Gasteiger partial charge in [0.05, 0.1) is 12.6 Å². The molecule has 2 aromatic carbocycles. The number of urea groups is 1. The predicted octanol–water partition coefficient (Wildman–Crippen LogP) is 4.47. The highest BCUT2D eigenvalue weighted by molar-refractivity contribution is 6.30. The number of methoxy groups -OCH3 is 1. The minimum absolute atomic E-state index is 0.0425. The molecule has 35 heavy (non-hydrogen) atoms. The van der Waals surface area contributed by atoms with Crippen molar-refractivity contribution in [3.63, 3.8) is 0 Å². The van der Waals surface area contributed by atoms with Gasteiger partial charge < -0.3 is 25.8 Å². The average molecular weight is 522 g/mol. The van der Waals surface area contributed by atoms with E-state index in [0.717, 1.165) is 18.2 Å². The summed E-state index contributed by atoms with van der Waals surface area (Å²) < 4.78 is 72.3. The van der Waals surface area contributed by atoms with Crippen LogP contribution < -0.4 is 25.8 Å². The molecular weight excluding hydrogens is 501 g/mol. The van der Waals surface area contributed by atoms with Crippen LogP contribution in [0.1, 0.15) is 36.3 Å². The van der Waals surface area contributed by atoms with Crippen molar-refractivity contribution in [3.8, 4) is 11.5 Å². The zero-order chi connectivity index (χ0) is 26.0. The minimum Gasteiger partial charge on any atom is -0.497 e. The Labute approximate surface area is 201 Å². The van der Waals surface area contributed by atoms with Crippen molar-refractivity contribution >= 4 is 23.5 Å². The number of halogens is 6. The summed E-state index contributed by atoms with van der Waals surface area (Å²) in [6.07, 6.45) is -3.50. The molecule has 2 aromatic rings. The van der Waals surface area contributed by atoms with E-state index in [0.29, 0.717) is 18.4 Å². The molecule has 3 amide bonds. The van der Waals surface area contributed by atoms with Gasteiger partial charge in [-0.15, -0.1) is 13.2 Å². The number of ether oxygens (including phenoxy) is 2. The van der Waals surface area contributed by atoms with Gasteiger partial charge in [0.1, 0.15) is 23.1 Å². The van der Waals surface area contributed by atoms with Crippen molar-refractivity contribution in [1.29, 1.82) is 0 Å². The molecule has 1 atom stereocenters. The zero-order valence-electron chi connectivity index (χ0n) is 18.3. The molecule has 4 N–H and O–H groups in total. The topological polar surface area (TPSA) is 103 Å². The second-order valence-electron chi connectivity index (χ2n) is 8.00. The van der Waals surface area contributed by atoms with Gasteiger partial charge in [0.15, 0.2) is 0 Å². The van der Waals surface area contributed by atoms with Gasteiger partial charge in [-0.3, -0.25) is 4.79 Å². The van der Waals surface area contributed by atoms with E-state index in [4.69, 9.17) is 22.1 Å².